The SMILES string of the molecule is C#CCOCCCc1ccc([C@H](c2ccccc2)N(CC#C)C(=O)OC(C)(C)C)cc1. The molecule has 4 heteroatoms. The summed E-state index contributed by atoms with van der Waals surface area (Å²) in [4.78, 5) is 14.6. The van der Waals surface area contributed by atoms with Crippen molar-refractivity contribution in [2.75, 3.05) is 19.8 Å². The van der Waals surface area contributed by atoms with E-state index in [-0.39, 0.29) is 12.6 Å². The number of rotatable bonds is 9. The largest absolute Gasteiger partial charge is 0.444 e. The molecular weight excluding hydrogens is 386 g/mol. The van der Waals surface area contributed by atoms with Crippen molar-refractivity contribution in [3.63, 3.8) is 0 Å². The Hall–Kier alpha value is -3.21. The summed E-state index contributed by atoms with van der Waals surface area (Å²) in [6.07, 6.45) is 12.2. The fourth-order valence-electron chi connectivity index (χ4n) is 3.24. The van der Waals surface area contributed by atoms with Crippen molar-refractivity contribution in [1.29, 1.82) is 0 Å². The highest BCUT2D eigenvalue weighted by atomic mass is 16.6. The van der Waals surface area contributed by atoms with Gasteiger partial charge in [-0.25, -0.2) is 4.79 Å². The van der Waals surface area contributed by atoms with Crippen LogP contribution in [0.2, 0.25) is 0 Å². The van der Waals surface area contributed by atoms with Crippen LogP contribution in [0.1, 0.15) is 49.9 Å². The number of aryl methyl sites for hydroxylation is 1. The molecule has 0 fully saturated rings. The number of amides is 1. The van der Waals surface area contributed by atoms with Crippen molar-refractivity contribution in [3.05, 3.63) is 71.3 Å². The van der Waals surface area contributed by atoms with Gasteiger partial charge in [-0.3, -0.25) is 4.90 Å². The average molecular weight is 418 g/mol. The fraction of sp³-hybridized carbons (Fsp3) is 0.370. The maximum Gasteiger partial charge on any atom is 0.411 e. The Morgan fingerprint density at radius 1 is 1.00 bits per heavy atom. The van der Waals surface area contributed by atoms with Gasteiger partial charge in [0.05, 0.1) is 12.6 Å². The molecule has 0 saturated carbocycles. The normalized spacial score (nSPS) is 11.8. The van der Waals surface area contributed by atoms with E-state index in [4.69, 9.17) is 22.3 Å². The van der Waals surface area contributed by atoms with E-state index in [1.807, 2.05) is 63.2 Å². The predicted octanol–water partition coefficient (Wildman–Crippen LogP) is 5.23. The number of benzene rings is 2. The van der Waals surface area contributed by atoms with Crippen LogP contribution in [0.3, 0.4) is 0 Å². The quantitative estimate of drug-likeness (QED) is 0.414. The van der Waals surface area contributed by atoms with Gasteiger partial charge in [0.2, 0.25) is 0 Å². The van der Waals surface area contributed by atoms with Gasteiger partial charge in [0, 0.05) is 6.61 Å². The van der Waals surface area contributed by atoms with E-state index in [2.05, 4.69) is 24.0 Å². The molecule has 4 nitrogen and oxygen atoms in total. The Labute approximate surface area is 186 Å². The van der Waals surface area contributed by atoms with Crippen LogP contribution in [0.15, 0.2) is 54.6 Å². The molecule has 0 aliphatic carbocycles. The molecule has 0 unspecified atom stereocenters. The summed E-state index contributed by atoms with van der Waals surface area (Å²) in [5.41, 5.74) is 2.52. The summed E-state index contributed by atoms with van der Waals surface area (Å²) in [5.74, 6) is 5.07. The summed E-state index contributed by atoms with van der Waals surface area (Å²) in [6.45, 7) is 6.65. The maximum absolute atomic E-state index is 13.0. The Kier molecular flexibility index (Phi) is 9.19. The Morgan fingerprint density at radius 3 is 2.23 bits per heavy atom. The number of hydrogen-bond acceptors (Lipinski definition) is 3. The third kappa shape index (κ3) is 7.85. The second kappa shape index (κ2) is 11.8. The molecule has 0 bridgehead atoms. The van der Waals surface area contributed by atoms with Crippen LogP contribution in [0.25, 0.3) is 0 Å². The van der Waals surface area contributed by atoms with Crippen molar-refractivity contribution in [1.82, 2.24) is 4.90 Å². The van der Waals surface area contributed by atoms with Crippen molar-refractivity contribution in [2.45, 2.75) is 45.3 Å². The molecule has 0 radical (unpaired) electrons. The van der Waals surface area contributed by atoms with Gasteiger partial charge in [-0.1, -0.05) is 66.4 Å². The molecule has 2 rings (SSSR count). The first kappa shape index (κ1) is 24.1. The molecule has 0 heterocycles. The summed E-state index contributed by atoms with van der Waals surface area (Å²) in [6, 6.07) is 17.7. The summed E-state index contributed by atoms with van der Waals surface area (Å²) in [7, 11) is 0. The highest BCUT2D eigenvalue weighted by Gasteiger charge is 2.30. The molecule has 2 aromatic rings. The summed E-state index contributed by atoms with van der Waals surface area (Å²) in [5, 5.41) is 0. The van der Waals surface area contributed by atoms with E-state index in [1.54, 1.807) is 4.90 Å². The molecule has 0 aliphatic heterocycles. The van der Waals surface area contributed by atoms with E-state index in [9.17, 15) is 4.79 Å². The van der Waals surface area contributed by atoms with Crippen LogP contribution in [-0.4, -0.2) is 36.4 Å². The molecule has 0 N–H and O–H groups in total. The minimum absolute atomic E-state index is 0.142. The number of carbonyl (C=O) groups is 1. The second-order valence-corrected chi connectivity index (χ2v) is 8.23. The zero-order valence-electron chi connectivity index (χ0n) is 18.6. The number of ether oxygens (including phenoxy) is 2. The van der Waals surface area contributed by atoms with Gasteiger partial charge in [-0.15, -0.1) is 12.8 Å². The average Bonchev–Trinajstić information content (AvgIpc) is 2.74. The monoisotopic (exact) mass is 417 g/mol. The lowest BCUT2D eigenvalue weighted by atomic mass is 9.95. The van der Waals surface area contributed by atoms with Crippen LogP contribution >= 0.6 is 0 Å². The first-order chi connectivity index (χ1) is 14.9. The molecule has 0 aromatic heterocycles. The number of terminal acetylenes is 2. The molecule has 2 aromatic carbocycles. The Bertz CT molecular complexity index is 899. The van der Waals surface area contributed by atoms with Crippen molar-refractivity contribution >= 4 is 6.09 Å². The van der Waals surface area contributed by atoms with Gasteiger partial charge in [-0.2, -0.15) is 0 Å². The van der Waals surface area contributed by atoms with E-state index in [1.165, 1.54) is 5.56 Å². The van der Waals surface area contributed by atoms with E-state index >= 15 is 0 Å². The highest BCUT2D eigenvalue weighted by molar-refractivity contribution is 5.70. The highest BCUT2D eigenvalue weighted by Crippen LogP contribution is 2.30. The molecule has 0 spiro atoms. The van der Waals surface area contributed by atoms with Gasteiger partial charge >= 0.3 is 6.09 Å². The molecule has 31 heavy (non-hydrogen) atoms. The molecule has 1 amide bonds. The van der Waals surface area contributed by atoms with Gasteiger partial charge in [-0.05, 0) is 50.3 Å². The number of carbonyl (C=O) groups excluding carboxylic acids is 1. The van der Waals surface area contributed by atoms with Crippen molar-refractivity contribution in [2.24, 2.45) is 0 Å². The standard InChI is InChI=1S/C27H31NO3/c1-6-19-28(26(29)31-27(3,4)5)25(23-13-9-8-10-14-23)24-17-15-22(16-18-24)12-11-21-30-20-7-2/h1-2,8-10,13-18,25H,11-12,19-21H2,3-5H3/t25-/m0/s1. The number of hydrogen-bond donors (Lipinski definition) is 0. The summed E-state index contributed by atoms with van der Waals surface area (Å²) < 4.78 is 11.0. The lowest BCUT2D eigenvalue weighted by molar-refractivity contribution is 0.0221. The van der Waals surface area contributed by atoms with Crippen LogP contribution in [0, 0.1) is 24.7 Å². The van der Waals surface area contributed by atoms with E-state index < -0.39 is 11.7 Å². The minimum Gasteiger partial charge on any atom is -0.444 e. The van der Waals surface area contributed by atoms with Crippen LogP contribution < -0.4 is 0 Å². The van der Waals surface area contributed by atoms with E-state index in [0.717, 1.165) is 24.0 Å². The molecule has 162 valence electrons. The first-order valence-electron chi connectivity index (χ1n) is 10.4. The van der Waals surface area contributed by atoms with Crippen molar-refractivity contribution < 1.29 is 14.3 Å². The molecule has 1 atom stereocenters. The smallest absolute Gasteiger partial charge is 0.411 e. The third-order valence-corrected chi connectivity index (χ3v) is 4.55. The minimum atomic E-state index is -0.615. The zero-order valence-corrected chi connectivity index (χ0v) is 18.6. The Balaban J connectivity index is 2.28. The lowest BCUT2D eigenvalue weighted by Crippen LogP contribution is -2.40. The van der Waals surface area contributed by atoms with Crippen LogP contribution in [-0.2, 0) is 15.9 Å². The van der Waals surface area contributed by atoms with E-state index in [0.29, 0.717) is 13.2 Å². The second-order valence-electron chi connectivity index (χ2n) is 8.23. The maximum atomic E-state index is 13.0. The molecular formula is C27H31NO3. The van der Waals surface area contributed by atoms with Gasteiger partial charge in [0.25, 0.3) is 0 Å². The van der Waals surface area contributed by atoms with Gasteiger partial charge < -0.3 is 9.47 Å². The molecule has 0 saturated heterocycles. The Morgan fingerprint density at radius 2 is 1.65 bits per heavy atom. The van der Waals surface area contributed by atoms with Crippen LogP contribution in [0.4, 0.5) is 4.79 Å². The van der Waals surface area contributed by atoms with Crippen molar-refractivity contribution in [3.8, 4) is 24.7 Å². The van der Waals surface area contributed by atoms with Crippen LogP contribution in [0.5, 0.6) is 0 Å². The zero-order chi connectivity index (χ0) is 22.7. The predicted molar refractivity (Wildman–Crippen MR) is 124 cm³/mol. The third-order valence-electron chi connectivity index (χ3n) is 4.55. The molecule has 0 aliphatic rings. The number of nitrogens with zero attached hydrogens (tertiary/aromatic N) is 1. The van der Waals surface area contributed by atoms with Gasteiger partial charge in [0.1, 0.15) is 12.2 Å². The topological polar surface area (TPSA) is 38.8 Å². The first-order valence-corrected chi connectivity index (χ1v) is 10.4. The lowest BCUT2D eigenvalue weighted by Gasteiger charge is -2.33. The summed E-state index contributed by atoms with van der Waals surface area (Å²) >= 11 is 0. The fourth-order valence-corrected chi connectivity index (χ4v) is 3.24. The van der Waals surface area contributed by atoms with Gasteiger partial charge in [0.15, 0.2) is 0 Å².